The van der Waals surface area contributed by atoms with Gasteiger partial charge in [0.05, 0.1) is 30.6 Å². The Morgan fingerprint density at radius 1 is 1.45 bits per heavy atom. The molecule has 0 bridgehead atoms. The maximum atomic E-state index is 12.1. The summed E-state index contributed by atoms with van der Waals surface area (Å²) in [4.78, 5) is 28.7. The third-order valence-corrected chi connectivity index (χ3v) is 3.50. The van der Waals surface area contributed by atoms with Crippen molar-refractivity contribution in [3.63, 3.8) is 0 Å². The molecule has 0 radical (unpaired) electrons. The molecule has 1 N–H and O–H groups in total. The molecule has 0 aliphatic carbocycles. The van der Waals surface area contributed by atoms with Gasteiger partial charge < -0.3 is 14.6 Å². The third kappa shape index (κ3) is 1.95. The lowest BCUT2D eigenvalue weighted by Crippen LogP contribution is -2.26. The number of carboxylic acids is 1. The molecule has 0 spiro atoms. The first-order valence-corrected chi connectivity index (χ1v) is 6.18. The summed E-state index contributed by atoms with van der Waals surface area (Å²) in [6, 6.07) is 4.79. The Morgan fingerprint density at radius 3 is 2.90 bits per heavy atom. The first-order chi connectivity index (χ1) is 9.56. The zero-order valence-corrected chi connectivity index (χ0v) is 10.9. The maximum Gasteiger partial charge on any atom is 0.335 e. The highest BCUT2D eigenvalue weighted by Gasteiger charge is 2.28. The van der Waals surface area contributed by atoms with E-state index in [0.717, 1.165) is 16.9 Å². The smallest absolute Gasteiger partial charge is 0.335 e. The second kappa shape index (κ2) is 4.48. The molecule has 1 aliphatic heterocycles. The Balaban J connectivity index is 1.94. The lowest BCUT2D eigenvalue weighted by atomic mass is 10.1. The Morgan fingerprint density at radius 2 is 2.25 bits per heavy atom. The number of aryl methyl sites for hydroxylation is 1. The predicted molar refractivity (Wildman–Crippen MR) is 71.5 cm³/mol. The first kappa shape index (κ1) is 12.4. The van der Waals surface area contributed by atoms with Crippen molar-refractivity contribution in [1.29, 1.82) is 0 Å². The van der Waals surface area contributed by atoms with Gasteiger partial charge in [0.15, 0.2) is 0 Å². The van der Waals surface area contributed by atoms with E-state index in [1.165, 1.54) is 6.07 Å². The number of nitrogens with zero attached hydrogens (tertiary/aromatic N) is 3. The maximum absolute atomic E-state index is 12.1. The Kier molecular flexibility index (Phi) is 2.78. The molecule has 1 amide bonds. The van der Waals surface area contributed by atoms with Crippen molar-refractivity contribution < 1.29 is 14.7 Å². The number of aromatic carboxylic acids is 1. The van der Waals surface area contributed by atoms with Crippen molar-refractivity contribution >= 4 is 17.6 Å². The molecule has 0 atom stereocenters. The van der Waals surface area contributed by atoms with E-state index >= 15 is 0 Å². The van der Waals surface area contributed by atoms with Gasteiger partial charge in [0.1, 0.15) is 0 Å². The summed E-state index contributed by atoms with van der Waals surface area (Å²) in [6.45, 7) is 0.439. The minimum atomic E-state index is -0.981. The van der Waals surface area contributed by atoms with Gasteiger partial charge in [-0.05, 0) is 23.8 Å². The Bertz CT molecular complexity index is 705. The van der Waals surface area contributed by atoms with Crippen LogP contribution in [0.25, 0.3) is 0 Å². The number of amides is 1. The molecule has 2 aromatic rings. The molecule has 6 heteroatoms. The second-order valence-corrected chi connectivity index (χ2v) is 4.80. The predicted octanol–water partition coefficient (Wildman–Crippen LogP) is 1.21. The van der Waals surface area contributed by atoms with Crippen LogP contribution in [-0.2, 0) is 24.8 Å². The van der Waals surface area contributed by atoms with Crippen LogP contribution < -0.4 is 4.90 Å². The van der Waals surface area contributed by atoms with E-state index in [0.29, 0.717) is 6.54 Å². The fourth-order valence-electron chi connectivity index (χ4n) is 2.39. The van der Waals surface area contributed by atoms with Crippen LogP contribution in [0, 0.1) is 0 Å². The summed E-state index contributed by atoms with van der Waals surface area (Å²) in [7, 11) is 1.87. The Hall–Kier alpha value is -2.63. The number of carbonyl (C=O) groups is 2. The molecule has 1 aliphatic rings. The number of benzene rings is 1. The van der Waals surface area contributed by atoms with Crippen LogP contribution >= 0.6 is 0 Å². The minimum Gasteiger partial charge on any atom is -0.478 e. The van der Waals surface area contributed by atoms with Crippen molar-refractivity contribution in [1.82, 2.24) is 9.55 Å². The van der Waals surface area contributed by atoms with Crippen LogP contribution in [0.15, 0.2) is 30.7 Å². The average molecular weight is 271 g/mol. The number of aromatic nitrogens is 2. The summed E-state index contributed by atoms with van der Waals surface area (Å²) in [5, 5.41) is 8.98. The molecule has 0 fully saturated rings. The largest absolute Gasteiger partial charge is 0.478 e. The van der Waals surface area contributed by atoms with Crippen molar-refractivity contribution in [3.8, 4) is 0 Å². The highest BCUT2D eigenvalue weighted by Crippen LogP contribution is 2.31. The molecule has 6 nitrogen and oxygen atoms in total. The summed E-state index contributed by atoms with van der Waals surface area (Å²) >= 11 is 0. The molecular formula is C14H13N3O3. The first-order valence-electron chi connectivity index (χ1n) is 6.18. The summed E-state index contributed by atoms with van der Waals surface area (Å²) < 4.78 is 1.86. The Labute approximate surface area is 115 Å². The van der Waals surface area contributed by atoms with Gasteiger partial charge >= 0.3 is 5.97 Å². The van der Waals surface area contributed by atoms with Gasteiger partial charge in [0, 0.05) is 18.9 Å². The van der Waals surface area contributed by atoms with Crippen LogP contribution in [-0.4, -0.2) is 26.5 Å². The van der Waals surface area contributed by atoms with E-state index in [9.17, 15) is 9.59 Å². The molecule has 102 valence electrons. The molecule has 0 saturated carbocycles. The van der Waals surface area contributed by atoms with Gasteiger partial charge in [-0.25, -0.2) is 9.78 Å². The van der Waals surface area contributed by atoms with Gasteiger partial charge in [-0.2, -0.15) is 0 Å². The van der Waals surface area contributed by atoms with Gasteiger partial charge in [-0.3, -0.25) is 4.79 Å². The highest BCUT2D eigenvalue weighted by molar-refractivity contribution is 6.02. The molecule has 1 aromatic heterocycles. The zero-order valence-electron chi connectivity index (χ0n) is 10.9. The normalized spacial score (nSPS) is 13.7. The number of hydrogen-bond acceptors (Lipinski definition) is 3. The quantitative estimate of drug-likeness (QED) is 0.910. The molecule has 2 heterocycles. The monoisotopic (exact) mass is 271 g/mol. The van der Waals surface area contributed by atoms with E-state index in [2.05, 4.69) is 4.98 Å². The van der Waals surface area contributed by atoms with Crippen LogP contribution in [0.5, 0.6) is 0 Å². The molecule has 1 aromatic carbocycles. The number of fused-ring (bicyclic) bond motifs is 1. The van der Waals surface area contributed by atoms with Crippen LogP contribution in [0.2, 0.25) is 0 Å². The van der Waals surface area contributed by atoms with Crippen LogP contribution in [0.3, 0.4) is 0 Å². The van der Waals surface area contributed by atoms with E-state index in [4.69, 9.17) is 5.11 Å². The molecule has 0 saturated heterocycles. The van der Waals surface area contributed by atoms with Gasteiger partial charge in [0.25, 0.3) is 0 Å². The van der Waals surface area contributed by atoms with E-state index in [-0.39, 0.29) is 17.9 Å². The molecule has 20 heavy (non-hydrogen) atoms. The molecule has 0 unspecified atom stereocenters. The number of anilines is 1. The topological polar surface area (TPSA) is 75.4 Å². The van der Waals surface area contributed by atoms with Gasteiger partial charge in [-0.1, -0.05) is 0 Å². The van der Waals surface area contributed by atoms with Crippen molar-refractivity contribution in [2.24, 2.45) is 7.05 Å². The van der Waals surface area contributed by atoms with Crippen molar-refractivity contribution in [2.75, 3.05) is 4.90 Å². The lowest BCUT2D eigenvalue weighted by Gasteiger charge is -2.17. The SMILES string of the molecule is Cn1cncc1CN1C(=O)Cc2cc(C(=O)O)ccc21. The molecule has 3 rings (SSSR count). The van der Waals surface area contributed by atoms with E-state index in [1.807, 2.05) is 11.6 Å². The van der Waals surface area contributed by atoms with Crippen LogP contribution in [0.1, 0.15) is 21.6 Å². The second-order valence-electron chi connectivity index (χ2n) is 4.80. The average Bonchev–Trinajstić information content (AvgIpc) is 2.94. The number of imidazole rings is 1. The van der Waals surface area contributed by atoms with Crippen LogP contribution in [0.4, 0.5) is 5.69 Å². The van der Waals surface area contributed by atoms with E-state index < -0.39 is 5.97 Å². The summed E-state index contributed by atoms with van der Waals surface area (Å²) in [5.41, 5.74) is 2.67. The fraction of sp³-hybridized carbons (Fsp3) is 0.214. The summed E-state index contributed by atoms with van der Waals surface area (Å²) in [6.07, 6.45) is 3.65. The number of rotatable bonds is 3. The third-order valence-electron chi connectivity index (χ3n) is 3.50. The van der Waals surface area contributed by atoms with Crippen molar-refractivity contribution in [2.45, 2.75) is 13.0 Å². The standard InChI is InChI=1S/C14H13N3O3/c1-16-8-15-6-11(16)7-17-12-3-2-9(14(19)20)4-10(12)5-13(17)18/h2-4,6,8H,5,7H2,1H3,(H,19,20). The zero-order chi connectivity index (χ0) is 14.3. The fourth-order valence-corrected chi connectivity index (χ4v) is 2.39. The molecular weight excluding hydrogens is 258 g/mol. The minimum absolute atomic E-state index is 0.0243. The summed E-state index contributed by atoms with van der Waals surface area (Å²) in [5.74, 6) is -1.01. The van der Waals surface area contributed by atoms with Crippen molar-refractivity contribution in [3.05, 3.63) is 47.5 Å². The number of carbonyl (C=O) groups excluding carboxylic acids is 1. The number of hydrogen-bond donors (Lipinski definition) is 1. The number of carboxylic acid groups (broad SMARTS) is 1. The van der Waals surface area contributed by atoms with E-state index in [1.54, 1.807) is 29.6 Å². The van der Waals surface area contributed by atoms with Gasteiger partial charge in [0.2, 0.25) is 5.91 Å². The lowest BCUT2D eigenvalue weighted by molar-refractivity contribution is -0.117. The highest BCUT2D eigenvalue weighted by atomic mass is 16.4. The van der Waals surface area contributed by atoms with Gasteiger partial charge in [-0.15, -0.1) is 0 Å².